The van der Waals surface area contributed by atoms with E-state index in [1.165, 1.54) is 18.0 Å². The Morgan fingerprint density at radius 1 is 0.778 bits per heavy atom. The maximum absolute atomic E-state index is 15.6. The van der Waals surface area contributed by atoms with Crippen molar-refractivity contribution < 1.29 is 56.8 Å². The Labute approximate surface area is 420 Å². The van der Waals surface area contributed by atoms with Crippen molar-refractivity contribution in [1.82, 2.24) is 30.1 Å². The Morgan fingerprint density at radius 2 is 1.50 bits per heavy atom. The number of likely N-dealkylation sites (tertiary alicyclic amines) is 1. The molecule has 21 heteroatoms. The summed E-state index contributed by atoms with van der Waals surface area (Å²) >= 11 is 1.34. The number of benzene rings is 3. The predicted molar refractivity (Wildman–Crippen MR) is 264 cm³/mol. The Balaban J connectivity index is 0.626. The maximum atomic E-state index is 15.6. The standard InChI is InChI=1S/C51H59FN8O11S/c52-41-29-36(7-9-37(41)34-28-40(47(53)56-30-34)32-6-8-38-33(27-32)12-14-55-48(38)63)72-58-35-3-2-16-59(31-35)45(62)13-17-67-19-21-69-23-25-71-26-24-70-22-20-68-18-15-54-42-5-1-4-39-46(42)51(66)60(50(39)65)43-10-11-44(61)57-49(43)64/h1,4-9,27-30,35,43,54,58H,2-3,10-26,31H2,(H2,53,56)(H,55,63)(H,57,61,64). The molecule has 0 bridgehead atoms. The van der Waals surface area contributed by atoms with Crippen molar-refractivity contribution in [2.45, 2.75) is 55.5 Å². The second kappa shape index (κ2) is 25.4. The lowest BCUT2D eigenvalue weighted by atomic mass is 9.94. The molecule has 3 aromatic carbocycles. The smallest absolute Gasteiger partial charge is 0.264 e. The molecule has 0 saturated carbocycles. The van der Waals surface area contributed by atoms with Gasteiger partial charge in [-0.05, 0) is 85.2 Å². The second-order valence-electron chi connectivity index (χ2n) is 17.5. The lowest BCUT2D eigenvalue weighted by Crippen LogP contribution is -2.54. The minimum absolute atomic E-state index is 0.0198. The van der Waals surface area contributed by atoms with Gasteiger partial charge in [0.2, 0.25) is 17.7 Å². The summed E-state index contributed by atoms with van der Waals surface area (Å²) in [5, 5.41) is 8.18. The number of nitrogens with zero attached hydrogens (tertiary/aromatic N) is 3. The van der Waals surface area contributed by atoms with Gasteiger partial charge in [0.15, 0.2) is 0 Å². The van der Waals surface area contributed by atoms with Crippen LogP contribution >= 0.6 is 11.9 Å². The number of nitrogens with one attached hydrogen (secondary N) is 4. The Hall–Kier alpha value is -6.33. The van der Waals surface area contributed by atoms with Crippen molar-refractivity contribution in [2.75, 3.05) is 103 Å². The van der Waals surface area contributed by atoms with Crippen molar-refractivity contribution in [2.24, 2.45) is 0 Å². The van der Waals surface area contributed by atoms with Gasteiger partial charge in [-0.3, -0.25) is 43.7 Å². The summed E-state index contributed by atoms with van der Waals surface area (Å²) in [7, 11) is 0. The number of amides is 6. The van der Waals surface area contributed by atoms with E-state index >= 15 is 4.39 Å². The van der Waals surface area contributed by atoms with E-state index in [-0.39, 0.29) is 54.9 Å². The molecule has 4 aliphatic heterocycles. The van der Waals surface area contributed by atoms with E-state index in [1.807, 2.05) is 29.2 Å². The first-order valence-corrected chi connectivity index (χ1v) is 25.0. The van der Waals surface area contributed by atoms with Crippen LogP contribution in [0, 0.1) is 5.82 Å². The summed E-state index contributed by atoms with van der Waals surface area (Å²) in [6.45, 7) is 5.71. The SMILES string of the molecule is Nc1ncc(-c2ccc(SNC3CCCN(C(=O)CCOCCOCCOCCOCCOCCNc4cccc5c4C(=O)N(C4CCC(=O)NC4=O)C5=O)C3)cc2F)cc1-c1ccc2c(c1)CCNC2=O. The summed E-state index contributed by atoms with van der Waals surface area (Å²) in [6.07, 6.45) is 4.42. The minimum Gasteiger partial charge on any atom is -0.383 e. The highest BCUT2D eigenvalue weighted by atomic mass is 32.2. The van der Waals surface area contributed by atoms with Crippen LogP contribution in [0.3, 0.4) is 0 Å². The van der Waals surface area contributed by atoms with Crippen molar-refractivity contribution in [3.8, 4) is 22.3 Å². The third-order valence-electron chi connectivity index (χ3n) is 12.6. The predicted octanol–water partition coefficient (Wildman–Crippen LogP) is 4.00. The second-order valence-corrected chi connectivity index (χ2v) is 18.4. The van der Waals surface area contributed by atoms with Gasteiger partial charge in [0.25, 0.3) is 17.7 Å². The molecule has 72 heavy (non-hydrogen) atoms. The number of rotatable bonds is 25. The van der Waals surface area contributed by atoms with Gasteiger partial charge in [-0.15, -0.1) is 0 Å². The van der Waals surface area contributed by atoms with Crippen molar-refractivity contribution in [3.63, 3.8) is 0 Å². The van der Waals surface area contributed by atoms with Gasteiger partial charge in [0.05, 0.1) is 83.6 Å². The molecule has 2 atom stereocenters. The highest BCUT2D eigenvalue weighted by Crippen LogP contribution is 2.35. The molecule has 2 unspecified atom stereocenters. The van der Waals surface area contributed by atoms with Crippen LogP contribution in [0.5, 0.6) is 0 Å². The largest absolute Gasteiger partial charge is 0.383 e. The number of nitrogens with two attached hydrogens (primary N) is 1. The van der Waals surface area contributed by atoms with Crippen molar-refractivity contribution >= 4 is 58.9 Å². The number of ether oxygens (including phenoxy) is 5. The average Bonchev–Trinajstić information content (AvgIpc) is 3.64. The lowest BCUT2D eigenvalue weighted by molar-refractivity contribution is -0.136. The fraction of sp³-hybridized carbons (Fsp3) is 0.431. The van der Waals surface area contributed by atoms with Gasteiger partial charge < -0.3 is 45.0 Å². The third kappa shape index (κ3) is 13.2. The number of aromatic nitrogens is 1. The number of pyridine rings is 1. The topological polar surface area (TPSA) is 242 Å². The Morgan fingerprint density at radius 3 is 2.24 bits per heavy atom. The molecule has 0 aliphatic carbocycles. The van der Waals surface area contributed by atoms with E-state index in [9.17, 15) is 28.8 Å². The maximum Gasteiger partial charge on any atom is 0.264 e. The third-order valence-corrected chi connectivity index (χ3v) is 13.5. The number of nitrogen functional groups attached to an aromatic ring is 1. The molecule has 1 aromatic heterocycles. The highest BCUT2D eigenvalue weighted by Gasteiger charge is 2.45. The van der Waals surface area contributed by atoms with Crippen LogP contribution in [-0.4, -0.2) is 155 Å². The van der Waals surface area contributed by atoms with Gasteiger partial charge in [0.1, 0.15) is 17.7 Å². The fourth-order valence-corrected chi connectivity index (χ4v) is 9.71. The molecule has 6 amide bonds. The van der Waals surface area contributed by atoms with E-state index in [0.717, 1.165) is 28.9 Å². The number of fused-ring (bicyclic) bond motifs is 2. The first-order chi connectivity index (χ1) is 35.0. The zero-order valence-corrected chi connectivity index (χ0v) is 40.7. The summed E-state index contributed by atoms with van der Waals surface area (Å²) in [5.74, 6) is -2.37. The highest BCUT2D eigenvalue weighted by molar-refractivity contribution is 7.97. The Bertz CT molecular complexity index is 2640. The first kappa shape index (κ1) is 52.0. The molecular formula is C51H59FN8O11S. The molecule has 6 N–H and O–H groups in total. The van der Waals surface area contributed by atoms with E-state index in [1.54, 1.807) is 36.5 Å². The number of carbonyl (C=O) groups is 6. The van der Waals surface area contributed by atoms with Crippen LogP contribution < -0.4 is 26.4 Å². The Kier molecular flexibility index (Phi) is 18.3. The van der Waals surface area contributed by atoms with Crippen LogP contribution in [0.1, 0.15) is 68.7 Å². The van der Waals surface area contributed by atoms with Gasteiger partial charge >= 0.3 is 0 Å². The zero-order valence-electron chi connectivity index (χ0n) is 39.8. The van der Waals surface area contributed by atoms with E-state index < -0.39 is 35.5 Å². The number of anilines is 2. The number of imide groups is 2. The number of hydrogen-bond acceptors (Lipinski definition) is 16. The monoisotopic (exact) mass is 1010 g/mol. The van der Waals surface area contributed by atoms with E-state index in [4.69, 9.17) is 29.4 Å². The van der Waals surface area contributed by atoms with Crippen molar-refractivity contribution in [1.29, 1.82) is 0 Å². The number of halogens is 1. The molecule has 0 radical (unpaired) electrons. The van der Waals surface area contributed by atoms with E-state index in [2.05, 4.69) is 25.7 Å². The number of carbonyl (C=O) groups excluding carboxylic acids is 6. The van der Waals surface area contributed by atoms with Crippen LogP contribution in [0.15, 0.2) is 71.8 Å². The lowest BCUT2D eigenvalue weighted by Gasteiger charge is -2.33. The molecule has 5 heterocycles. The van der Waals surface area contributed by atoms with Gasteiger partial charge in [-0.1, -0.05) is 24.3 Å². The molecule has 4 aromatic rings. The fourth-order valence-electron chi connectivity index (χ4n) is 8.91. The molecule has 8 rings (SSSR count). The molecule has 19 nitrogen and oxygen atoms in total. The van der Waals surface area contributed by atoms with Crippen LogP contribution in [0.4, 0.5) is 15.9 Å². The summed E-state index contributed by atoms with van der Waals surface area (Å²) in [6, 6.07) is 16.4. The quantitative estimate of drug-likeness (QED) is 0.0358. The molecule has 0 spiro atoms. The average molecular weight is 1010 g/mol. The van der Waals surface area contributed by atoms with Crippen LogP contribution in [-0.2, 0) is 44.5 Å². The molecule has 4 aliphatic rings. The van der Waals surface area contributed by atoms with Gasteiger partial charge in [-0.2, -0.15) is 0 Å². The van der Waals surface area contributed by atoms with Gasteiger partial charge in [-0.25, -0.2) is 9.37 Å². The molecular weight excluding hydrogens is 952 g/mol. The number of piperidine rings is 2. The summed E-state index contributed by atoms with van der Waals surface area (Å²) in [5.41, 5.74) is 11.2. The molecule has 2 fully saturated rings. The number of hydrogen-bond donors (Lipinski definition) is 5. The van der Waals surface area contributed by atoms with Crippen LogP contribution in [0.25, 0.3) is 22.3 Å². The minimum atomic E-state index is -1.03. The summed E-state index contributed by atoms with van der Waals surface area (Å²) in [4.78, 5) is 83.2. The van der Waals surface area contributed by atoms with Crippen LogP contribution in [0.2, 0.25) is 0 Å². The molecule has 2 saturated heterocycles. The van der Waals surface area contributed by atoms with Crippen molar-refractivity contribution in [3.05, 3.63) is 94.9 Å². The summed E-state index contributed by atoms with van der Waals surface area (Å²) < 4.78 is 47.0. The first-order valence-electron chi connectivity index (χ1n) is 24.2. The zero-order chi connectivity index (χ0) is 50.4. The van der Waals surface area contributed by atoms with E-state index in [0.29, 0.717) is 131 Å². The normalized spacial score (nSPS) is 17.7. The molecule has 382 valence electrons. The van der Waals surface area contributed by atoms with Gasteiger partial charge in [0, 0.05) is 77.7 Å².